The average Bonchev–Trinajstić information content (AvgIpc) is 2.74. The third-order valence-electron chi connectivity index (χ3n) is 5.04. The standard InChI is InChI=1S/C23H27Cl4N3O4S/c1-5-21(23(32)28-14(2)3)29(12-15-6-7-16(24)10-19(15)26)22(31)13-30(35(4,33)34)17-8-9-18(25)20(27)11-17/h6-11,14,21H,5,12-13H2,1-4H3,(H,28,32)/t21-/m1/s1. The Morgan fingerprint density at radius 2 is 1.63 bits per heavy atom. The molecule has 0 aliphatic carbocycles. The molecule has 0 saturated heterocycles. The van der Waals surface area contributed by atoms with Gasteiger partial charge in [0.1, 0.15) is 12.6 Å². The molecule has 0 aliphatic rings. The van der Waals surface area contributed by atoms with Crippen molar-refractivity contribution in [1.82, 2.24) is 10.2 Å². The number of benzene rings is 2. The number of hydrogen-bond donors (Lipinski definition) is 1. The number of carbonyl (C=O) groups excluding carboxylic acids is 2. The van der Waals surface area contributed by atoms with E-state index in [2.05, 4.69) is 5.32 Å². The van der Waals surface area contributed by atoms with E-state index in [-0.39, 0.29) is 34.2 Å². The van der Waals surface area contributed by atoms with Gasteiger partial charge in [-0.2, -0.15) is 0 Å². The smallest absolute Gasteiger partial charge is 0.244 e. The number of carbonyl (C=O) groups is 2. The first kappa shape index (κ1) is 29.5. The minimum absolute atomic E-state index is 0.0299. The van der Waals surface area contributed by atoms with Gasteiger partial charge in [0.25, 0.3) is 0 Å². The van der Waals surface area contributed by atoms with Crippen LogP contribution in [-0.4, -0.2) is 50.0 Å². The van der Waals surface area contributed by atoms with Crippen molar-refractivity contribution in [1.29, 1.82) is 0 Å². The highest BCUT2D eigenvalue weighted by Gasteiger charge is 2.32. The molecular formula is C23H27Cl4N3O4S. The molecule has 2 aromatic rings. The van der Waals surface area contributed by atoms with Crippen LogP contribution in [-0.2, 0) is 26.2 Å². The first-order chi connectivity index (χ1) is 16.2. The molecule has 0 fully saturated rings. The minimum Gasteiger partial charge on any atom is -0.352 e. The fourth-order valence-corrected chi connectivity index (χ4v) is 4.99. The van der Waals surface area contributed by atoms with Gasteiger partial charge in [0.2, 0.25) is 21.8 Å². The lowest BCUT2D eigenvalue weighted by molar-refractivity contribution is -0.140. The van der Waals surface area contributed by atoms with Crippen LogP contribution in [0.3, 0.4) is 0 Å². The molecule has 0 bridgehead atoms. The van der Waals surface area contributed by atoms with E-state index in [1.165, 1.54) is 29.2 Å². The number of nitrogens with one attached hydrogen (secondary N) is 1. The number of hydrogen-bond acceptors (Lipinski definition) is 4. The van der Waals surface area contributed by atoms with Gasteiger partial charge in [0.05, 0.1) is 22.0 Å². The molecule has 0 aromatic heterocycles. The Balaban J connectivity index is 2.50. The number of anilines is 1. The van der Waals surface area contributed by atoms with Crippen molar-refractivity contribution in [3.05, 3.63) is 62.1 Å². The summed E-state index contributed by atoms with van der Waals surface area (Å²) in [7, 11) is -3.89. The summed E-state index contributed by atoms with van der Waals surface area (Å²) in [6, 6.07) is 8.05. The highest BCUT2D eigenvalue weighted by Crippen LogP contribution is 2.29. The molecule has 1 N–H and O–H groups in total. The van der Waals surface area contributed by atoms with Crippen LogP contribution in [0.2, 0.25) is 20.1 Å². The first-order valence-corrected chi connectivity index (χ1v) is 14.1. The predicted octanol–water partition coefficient (Wildman–Crippen LogP) is 5.40. The van der Waals surface area contributed by atoms with Crippen LogP contribution in [0.4, 0.5) is 5.69 Å². The van der Waals surface area contributed by atoms with Gasteiger partial charge in [0.15, 0.2) is 0 Å². The molecule has 0 radical (unpaired) electrons. The lowest BCUT2D eigenvalue weighted by Crippen LogP contribution is -2.53. The zero-order valence-electron chi connectivity index (χ0n) is 19.7. The van der Waals surface area contributed by atoms with Crippen LogP contribution in [0.1, 0.15) is 32.8 Å². The van der Waals surface area contributed by atoms with Gasteiger partial charge in [-0.15, -0.1) is 0 Å². The van der Waals surface area contributed by atoms with E-state index in [9.17, 15) is 18.0 Å². The topological polar surface area (TPSA) is 86.8 Å². The summed E-state index contributed by atoms with van der Waals surface area (Å²) in [6.45, 7) is 4.79. The van der Waals surface area contributed by atoms with Crippen molar-refractivity contribution in [3.63, 3.8) is 0 Å². The first-order valence-electron chi connectivity index (χ1n) is 10.7. The van der Waals surface area contributed by atoms with Gasteiger partial charge >= 0.3 is 0 Å². The maximum absolute atomic E-state index is 13.6. The Morgan fingerprint density at radius 1 is 0.971 bits per heavy atom. The highest BCUT2D eigenvalue weighted by molar-refractivity contribution is 7.92. The highest BCUT2D eigenvalue weighted by atomic mass is 35.5. The summed E-state index contributed by atoms with van der Waals surface area (Å²) in [5, 5.41) is 3.93. The van der Waals surface area contributed by atoms with Crippen molar-refractivity contribution in [2.45, 2.75) is 45.8 Å². The molecule has 0 saturated carbocycles. The molecular weight excluding hydrogens is 556 g/mol. The molecule has 0 aliphatic heterocycles. The van der Waals surface area contributed by atoms with E-state index in [0.717, 1.165) is 10.6 Å². The monoisotopic (exact) mass is 581 g/mol. The molecule has 12 heteroatoms. The lowest BCUT2D eigenvalue weighted by atomic mass is 10.1. The lowest BCUT2D eigenvalue weighted by Gasteiger charge is -2.33. The predicted molar refractivity (Wildman–Crippen MR) is 143 cm³/mol. The van der Waals surface area contributed by atoms with E-state index in [0.29, 0.717) is 22.0 Å². The SMILES string of the molecule is CC[C@H](C(=O)NC(C)C)N(Cc1ccc(Cl)cc1Cl)C(=O)CN(c1ccc(Cl)c(Cl)c1)S(C)(=O)=O. The van der Waals surface area contributed by atoms with E-state index in [4.69, 9.17) is 46.4 Å². The molecule has 7 nitrogen and oxygen atoms in total. The third-order valence-corrected chi connectivity index (χ3v) is 7.51. The van der Waals surface area contributed by atoms with Gasteiger partial charge in [0, 0.05) is 22.6 Å². The van der Waals surface area contributed by atoms with Gasteiger partial charge in [-0.25, -0.2) is 8.42 Å². The number of rotatable bonds is 10. The van der Waals surface area contributed by atoms with Crippen molar-refractivity contribution in [2.75, 3.05) is 17.1 Å². The summed E-state index contributed by atoms with van der Waals surface area (Å²) in [6.07, 6.45) is 1.27. The van der Waals surface area contributed by atoms with E-state index < -0.39 is 28.5 Å². The van der Waals surface area contributed by atoms with Crippen LogP contribution < -0.4 is 9.62 Å². The summed E-state index contributed by atoms with van der Waals surface area (Å²) in [4.78, 5) is 27.9. The third kappa shape index (κ3) is 8.15. The number of nitrogens with zero attached hydrogens (tertiary/aromatic N) is 2. The molecule has 192 valence electrons. The second-order valence-electron chi connectivity index (χ2n) is 8.21. The van der Waals surface area contributed by atoms with Gasteiger partial charge in [-0.3, -0.25) is 13.9 Å². The van der Waals surface area contributed by atoms with Crippen LogP contribution in [0.25, 0.3) is 0 Å². The Hall–Kier alpha value is -1.71. The zero-order valence-corrected chi connectivity index (χ0v) is 23.5. The van der Waals surface area contributed by atoms with Gasteiger partial charge < -0.3 is 10.2 Å². The normalized spacial score (nSPS) is 12.4. The van der Waals surface area contributed by atoms with Gasteiger partial charge in [-0.05, 0) is 56.2 Å². The second kappa shape index (κ2) is 12.5. The molecule has 2 amide bonds. The zero-order chi connectivity index (χ0) is 26.5. The Morgan fingerprint density at radius 3 is 2.14 bits per heavy atom. The van der Waals surface area contributed by atoms with Crippen LogP contribution in [0.5, 0.6) is 0 Å². The van der Waals surface area contributed by atoms with Crippen molar-refractivity contribution in [2.24, 2.45) is 0 Å². The van der Waals surface area contributed by atoms with E-state index in [1.807, 2.05) is 13.8 Å². The number of halogens is 4. The molecule has 35 heavy (non-hydrogen) atoms. The fraction of sp³-hybridized carbons (Fsp3) is 0.391. The number of sulfonamides is 1. The maximum atomic E-state index is 13.6. The molecule has 2 aromatic carbocycles. The number of amides is 2. The van der Waals surface area contributed by atoms with E-state index >= 15 is 0 Å². The summed E-state index contributed by atoms with van der Waals surface area (Å²) in [5.74, 6) is -0.959. The van der Waals surface area contributed by atoms with Crippen molar-refractivity contribution >= 4 is 73.9 Å². The van der Waals surface area contributed by atoms with E-state index in [1.54, 1.807) is 19.1 Å². The average molecular weight is 583 g/mol. The molecule has 0 spiro atoms. The molecule has 1 atom stereocenters. The summed E-state index contributed by atoms with van der Waals surface area (Å²) in [5.41, 5.74) is 0.722. The second-order valence-corrected chi connectivity index (χ2v) is 11.8. The maximum Gasteiger partial charge on any atom is 0.244 e. The minimum atomic E-state index is -3.89. The van der Waals surface area contributed by atoms with Crippen LogP contribution in [0, 0.1) is 0 Å². The molecule has 0 unspecified atom stereocenters. The molecule has 0 heterocycles. The Kier molecular flexibility index (Phi) is 10.5. The van der Waals surface area contributed by atoms with Crippen LogP contribution >= 0.6 is 46.4 Å². The largest absolute Gasteiger partial charge is 0.352 e. The van der Waals surface area contributed by atoms with Gasteiger partial charge in [-0.1, -0.05) is 59.4 Å². The van der Waals surface area contributed by atoms with Crippen LogP contribution in [0.15, 0.2) is 36.4 Å². The fourth-order valence-electron chi connectivity index (χ4n) is 3.39. The Bertz CT molecular complexity index is 1190. The van der Waals surface area contributed by atoms with Crippen molar-refractivity contribution in [3.8, 4) is 0 Å². The summed E-state index contributed by atoms with van der Waals surface area (Å²) < 4.78 is 26.2. The summed E-state index contributed by atoms with van der Waals surface area (Å²) >= 11 is 24.4. The quantitative estimate of drug-likeness (QED) is 0.406. The molecule has 2 rings (SSSR count). The van der Waals surface area contributed by atoms with Crippen molar-refractivity contribution < 1.29 is 18.0 Å². The Labute approximate surface area is 226 Å².